The highest BCUT2D eigenvalue weighted by molar-refractivity contribution is 5.93. The van der Waals surface area contributed by atoms with Crippen molar-refractivity contribution in [3.63, 3.8) is 0 Å². The van der Waals surface area contributed by atoms with Crippen LogP contribution in [0.2, 0.25) is 0 Å². The Balaban J connectivity index is 0.000000161. The Morgan fingerprint density at radius 2 is 0.849 bits per heavy atom. The standard InChI is InChI=1S/C11H13N3O2.2C9H9N3O2.C3F3N3/c1-3-16-11(15)9-8-12-13(2)10(9)14-6-4-5-7-14;2*1-11-8(12-4-2-3-5-12)7(6-10-11)9(13)14;4-1-7-2(5)9-3(6)8-1/h4-8H,3H2,1-2H3;2*2-6H,1H3,(H,13,14);. The van der Waals surface area contributed by atoms with Gasteiger partial charge in [0.15, 0.2) is 0 Å². The molecule has 0 unspecified atom stereocenters. The van der Waals surface area contributed by atoms with Crippen LogP contribution in [0.4, 0.5) is 13.2 Å². The molecule has 0 aliphatic heterocycles. The molecule has 0 saturated heterocycles. The minimum atomic E-state index is -1.46. The van der Waals surface area contributed by atoms with E-state index in [4.69, 9.17) is 14.9 Å². The van der Waals surface area contributed by atoms with Crippen LogP contribution in [-0.4, -0.2) is 92.7 Å². The molecule has 0 aromatic carbocycles. The van der Waals surface area contributed by atoms with Crippen LogP contribution in [0, 0.1) is 18.2 Å². The Kier molecular flexibility index (Phi) is 12.7. The Hall–Kier alpha value is -7.32. The lowest BCUT2D eigenvalue weighted by molar-refractivity contribution is 0.0525. The summed E-state index contributed by atoms with van der Waals surface area (Å²) in [5, 5.41) is 29.7. The van der Waals surface area contributed by atoms with Crippen molar-refractivity contribution >= 4 is 17.9 Å². The van der Waals surface area contributed by atoms with Crippen LogP contribution in [0.1, 0.15) is 38.0 Å². The summed E-state index contributed by atoms with van der Waals surface area (Å²) in [6, 6.07) is 11.1. The quantitative estimate of drug-likeness (QED) is 0.226. The molecular weight excluding hydrogens is 705 g/mol. The van der Waals surface area contributed by atoms with Crippen LogP contribution in [0.5, 0.6) is 0 Å². The van der Waals surface area contributed by atoms with E-state index in [2.05, 4.69) is 30.2 Å². The van der Waals surface area contributed by atoms with Crippen LogP contribution in [0.25, 0.3) is 17.5 Å². The number of esters is 1. The molecule has 0 aliphatic carbocycles. The maximum absolute atomic E-state index is 11.7. The molecule has 53 heavy (non-hydrogen) atoms. The second-order valence-corrected chi connectivity index (χ2v) is 10.3. The first-order valence-electron chi connectivity index (χ1n) is 15.1. The number of carbonyl (C=O) groups is 3. The van der Waals surface area contributed by atoms with Crippen LogP contribution in [-0.2, 0) is 25.9 Å². The minimum absolute atomic E-state index is 0.198. The third-order valence-electron chi connectivity index (χ3n) is 6.78. The molecule has 7 heterocycles. The van der Waals surface area contributed by atoms with Gasteiger partial charge in [0.25, 0.3) is 0 Å². The van der Waals surface area contributed by atoms with Gasteiger partial charge in [0.2, 0.25) is 0 Å². The highest BCUT2D eigenvalue weighted by Crippen LogP contribution is 2.16. The van der Waals surface area contributed by atoms with Gasteiger partial charge < -0.3 is 28.7 Å². The van der Waals surface area contributed by atoms with Crippen LogP contribution in [0.3, 0.4) is 0 Å². The zero-order valence-electron chi connectivity index (χ0n) is 28.4. The second kappa shape index (κ2) is 17.6. The van der Waals surface area contributed by atoms with Crippen molar-refractivity contribution < 1.29 is 42.5 Å². The Morgan fingerprint density at radius 1 is 0.566 bits per heavy atom. The molecule has 0 saturated carbocycles. The summed E-state index contributed by atoms with van der Waals surface area (Å²) in [4.78, 5) is 40.7. The molecule has 0 fully saturated rings. The van der Waals surface area contributed by atoms with Gasteiger partial charge in [0.05, 0.1) is 25.2 Å². The molecule has 2 N–H and O–H groups in total. The summed E-state index contributed by atoms with van der Waals surface area (Å²) in [5.41, 5.74) is 0.868. The number of aromatic nitrogens is 12. The average molecular weight is 737 g/mol. The number of nitrogens with zero attached hydrogens (tertiary/aromatic N) is 12. The van der Waals surface area contributed by atoms with Gasteiger partial charge in [-0.05, 0) is 43.3 Å². The van der Waals surface area contributed by atoms with Gasteiger partial charge in [-0.25, -0.2) is 14.4 Å². The van der Waals surface area contributed by atoms with E-state index in [1.54, 1.807) is 66.7 Å². The highest BCUT2D eigenvalue weighted by Gasteiger charge is 2.19. The maximum atomic E-state index is 11.7. The van der Waals surface area contributed by atoms with E-state index >= 15 is 0 Å². The zero-order chi connectivity index (χ0) is 38.7. The average Bonchev–Trinajstić information content (AvgIpc) is 3.94. The fourth-order valence-corrected chi connectivity index (χ4v) is 4.60. The Bertz CT molecular complexity index is 2120. The lowest BCUT2D eigenvalue weighted by Crippen LogP contribution is -2.09. The van der Waals surface area contributed by atoms with Gasteiger partial charge in [-0.3, -0.25) is 14.0 Å². The molecule has 0 aliphatic rings. The number of hydrogen-bond acceptors (Lipinski definition) is 10. The van der Waals surface area contributed by atoms with Gasteiger partial charge >= 0.3 is 36.1 Å². The van der Waals surface area contributed by atoms with E-state index in [1.807, 2.05) is 53.4 Å². The lowest BCUT2D eigenvalue weighted by atomic mass is 10.3. The van der Waals surface area contributed by atoms with Crippen molar-refractivity contribution in [1.82, 2.24) is 58.0 Å². The number of carboxylic acid groups (broad SMARTS) is 2. The number of carbonyl (C=O) groups excluding carboxylic acids is 1. The molecule has 18 nitrogen and oxygen atoms in total. The van der Waals surface area contributed by atoms with E-state index in [-0.39, 0.29) is 17.1 Å². The van der Waals surface area contributed by atoms with Crippen molar-refractivity contribution in [2.45, 2.75) is 6.92 Å². The summed E-state index contributed by atoms with van der Waals surface area (Å²) in [7, 11) is 5.21. The molecule has 21 heteroatoms. The first kappa shape index (κ1) is 38.5. The van der Waals surface area contributed by atoms with Crippen LogP contribution in [0.15, 0.2) is 92.2 Å². The summed E-state index contributed by atoms with van der Waals surface area (Å²) >= 11 is 0. The van der Waals surface area contributed by atoms with E-state index in [1.165, 1.54) is 28.0 Å². The fraction of sp³-hybridized carbons (Fsp3) is 0.156. The van der Waals surface area contributed by atoms with E-state index in [0.717, 1.165) is 0 Å². The number of hydrogen-bond donors (Lipinski definition) is 2. The molecule has 0 spiro atoms. The minimum Gasteiger partial charge on any atom is -0.477 e. The predicted molar refractivity (Wildman–Crippen MR) is 177 cm³/mol. The molecule has 276 valence electrons. The van der Waals surface area contributed by atoms with E-state index in [9.17, 15) is 27.6 Å². The summed E-state index contributed by atoms with van der Waals surface area (Å²) in [5.74, 6) is -0.462. The number of halogens is 3. The van der Waals surface area contributed by atoms with Crippen LogP contribution >= 0.6 is 0 Å². The van der Waals surface area contributed by atoms with Crippen molar-refractivity contribution in [3.8, 4) is 17.5 Å². The van der Waals surface area contributed by atoms with Crippen molar-refractivity contribution in [3.05, 3.63) is 127 Å². The summed E-state index contributed by atoms with van der Waals surface area (Å²) in [6.45, 7) is 2.14. The number of rotatable bonds is 7. The van der Waals surface area contributed by atoms with Crippen molar-refractivity contribution in [2.75, 3.05) is 6.61 Å². The fourth-order valence-electron chi connectivity index (χ4n) is 4.60. The molecule has 0 atom stereocenters. The summed E-state index contributed by atoms with van der Waals surface area (Å²) in [6.07, 6.45) is 10.7. The Labute approximate surface area is 297 Å². The van der Waals surface area contributed by atoms with Crippen LogP contribution < -0.4 is 0 Å². The first-order valence-corrected chi connectivity index (χ1v) is 15.1. The third-order valence-corrected chi connectivity index (χ3v) is 6.78. The normalized spacial score (nSPS) is 10.2. The van der Waals surface area contributed by atoms with E-state index in [0.29, 0.717) is 29.6 Å². The predicted octanol–water partition coefficient (Wildman–Crippen LogP) is 3.49. The van der Waals surface area contributed by atoms with Crippen molar-refractivity contribution in [2.24, 2.45) is 21.1 Å². The van der Waals surface area contributed by atoms with Gasteiger partial charge in [0, 0.05) is 58.3 Å². The maximum Gasteiger partial charge on any atom is 0.343 e. The molecule has 0 bridgehead atoms. The first-order chi connectivity index (χ1) is 25.3. The molecule has 7 aromatic heterocycles. The van der Waals surface area contributed by atoms with Crippen molar-refractivity contribution in [1.29, 1.82) is 0 Å². The number of aryl methyl sites for hydroxylation is 3. The van der Waals surface area contributed by atoms with Gasteiger partial charge in [-0.1, -0.05) is 0 Å². The molecule has 7 aromatic rings. The third kappa shape index (κ3) is 9.68. The van der Waals surface area contributed by atoms with Gasteiger partial charge in [-0.15, -0.1) is 0 Å². The monoisotopic (exact) mass is 736 g/mol. The highest BCUT2D eigenvalue weighted by atomic mass is 19.2. The zero-order valence-corrected chi connectivity index (χ0v) is 28.4. The SMILES string of the molecule is CCOC(=O)c1cnn(C)c1-n1cccc1.Cn1ncc(C(=O)O)c1-n1cccc1.Cn1ncc(C(=O)O)c1-n1cccc1.Fc1nc(F)nc(F)n1. The second-order valence-electron chi connectivity index (χ2n) is 10.3. The topological polar surface area (TPSA) is 208 Å². The largest absolute Gasteiger partial charge is 0.477 e. The Morgan fingerprint density at radius 3 is 1.13 bits per heavy atom. The number of aromatic carboxylic acids is 2. The number of ether oxygens (including phenoxy) is 1. The van der Waals surface area contributed by atoms with Gasteiger partial charge in [-0.2, -0.15) is 43.4 Å². The summed E-state index contributed by atoms with van der Waals surface area (Å²) < 4.78 is 50.0. The van der Waals surface area contributed by atoms with Gasteiger partial charge in [0.1, 0.15) is 34.1 Å². The molecule has 0 radical (unpaired) electrons. The number of carboxylic acids is 2. The molecular formula is C32H31F3N12O6. The lowest BCUT2D eigenvalue weighted by Gasteiger charge is -2.06. The molecule has 0 amide bonds. The molecule has 7 rings (SSSR count). The smallest absolute Gasteiger partial charge is 0.343 e. The van der Waals surface area contributed by atoms with E-state index < -0.39 is 30.2 Å².